The Bertz CT molecular complexity index is 310. The largest absolute Gasteiger partial charge is 0.384 e. The Morgan fingerprint density at radius 3 is 2.85 bits per heavy atom. The molecule has 0 spiro atoms. The van der Waals surface area contributed by atoms with Crippen LogP contribution in [0.5, 0.6) is 0 Å². The quantitative estimate of drug-likeness (QED) is 0.581. The maximum atomic E-state index is 12.8. The summed E-state index contributed by atoms with van der Waals surface area (Å²) in [6.07, 6.45) is 5.67. The van der Waals surface area contributed by atoms with Gasteiger partial charge in [0.2, 0.25) is 0 Å². The van der Waals surface area contributed by atoms with Gasteiger partial charge in [0.15, 0.2) is 0 Å². The van der Waals surface area contributed by atoms with Crippen LogP contribution >= 0.6 is 11.6 Å². The highest BCUT2D eigenvalue weighted by Gasteiger charge is 1.97. The number of anilines is 1. The molecule has 0 aliphatic heterocycles. The molecule has 0 aliphatic rings. The molecule has 1 aromatic rings. The van der Waals surface area contributed by atoms with Gasteiger partial charge in [0.1, 0.15) is 5.82 Å². The zero-order valence-electron chi connectivity index (χ0n) is 6.98. The SMILES string of the molecule is C#CCCNc1cc(F)cc(Cl)c1. The lowest BCUT2D eigenvalue weighted by atomic mass is 10.3. The summed E-state index contributed by atoms with van der Waals surface area (Å²) in [5.41, 5.74) is 0.653. The Balaban J connectivity index is 2.62. The Morgan fingerprint density at radius 2 is 2.23 bits per heavy atom. The Labute approximate surface area is 81.9 Å². The Kier molecular flexibility index (Phi) is 3.60. The molecule has 0 aromatic heterocycles. The maximum absolute atomic E-state index is 12.8. The zero-order chi connectivity index (χ0) is 9.68. The predicted molar refractivity (Wildman–Crippen MR) is 53.3 cm³/mol. The van der Waals surface area contributed by atoms with E-state index >= 15 is 0 Å². The lowest BCUT2D eigenvalue weighted by Crippen LogP contribution is -2.00. The predicted octanol–water partition coefficient (Wildman–Crippen LogP) is 2.91. The summed E-state index contributed by atoms with van der Waals surface area (Å²) in [5, 5.41) is 3.34. The molecule has 1 N–H and O–H groups in total. The molecule has 0 unspecified atom stereocenters. The van der Waals surface area contributed by atoms with Gasteiger partial charge in [0, 0.05) is 23.7 Å². The van der Waals surface area contributed by atoms with Gasteiger partial charge in [-0.2, -0.15) is 0 Å². The normalized spacial score (nSPS) is 9.31. The van der Waals surface area contributed by atoms with Gasteiger partial charge in [-0.25, -0.2) is 4.39 Å². The van der Waals surface area contributed by atoms with Crippen LogP contribution in [0.1, 0.15) is 6.42 Å². The molecular formula is C10H9ClFN. The van der Waals surface area contributed by atoms with Gasteiger partial charge in [-0.3, -0.25) is 0 Å². The van der Waals surface area contributed by atoms with Crippen molar-refractivity contribution in [1.29, 1.82) is 0 Å². The molecule has 1 rings (SSSR count). The van der Waals surface area contributed by atoms with Gasteiger partial charge in [-0.1, -0.05) is 11.6 Å². The number of halogens is 2. The first-order valence-electron chi connectivity index (χ1n) is 3.86. The lowest BCUT2D eigenvalue weighted by Gasteiger charge is -2.04. The molecule has 0 saturated carbocycles. The summed E-state index contributed by atoms with van der Waals surface area (Å²) in [7, 11) is 0. The standard InChI is InChI=1S/C10H9ClFN/c1-2-3-4-13-10-6-8(11)5-9(12)7-10/h1,5-7,13H,3-4H2. The van der Waals surface area contributed by atoms with Crippen LogP contribution in [0.15, 0.2) is 18.2 Å². The highest BCUT2D eigenvalue weighted by atomic mass is 35.5. The van der Waals surface area contributed by atoms with Crippen molar-refractivity contribution in [2.45, 2.75) is 6.42 Å². The summed E-state index contributed by atoms with van der Waals surface area (Å²) in [4.78, 5) is 0. The van der Waals surface area contributed by atoms with E-state index in [1.54, 1.807) is 6.07 Å². The summed E-state index contributed by atoms with van der Waals surface area (Å²) in [5.74, 6) is 2.13. The number of rotatable bonds is 3. The summed E-state index contributed by atoms with van der Waals surface area (Å²) in [6, 6.07) is 4.29. The van der Waals surface area contributed by atoms with E-state index in [1.165, 1.54) is 12.1 Å². The van der Waals surface area contributed by atoms with E-state index in [2.05, 4.69) is 11.2 Å². The number of hydrogen-bond acceptors (Lipinski definition) is 1. The minimum atomic E-state index is -0.351. The second-order valence-electron chi connectivity index (χ2n) is 2.54. The molecule has 0 radical (unpaired) electrons. The van der Waals surface area contributed by atoms with E-state index in [0.29, 0.717) is 23.7 Å². The summed E-state index contributed by atoms with van der Waals surface area (Å²) >= 11 is 5.64. The Hall–Kier alpha value is -1.20. The highest BCUT2D eigenvalue weighted by Crippen LogP contribution is 2.17. The number of terminal acetylenes is 1. The average Bonchev–Trinajstić information content (AvgIpc) is 2.03. The summed E-state index contributed by atoms with van der Waals surface area (Å²) in [6.45, 7) is 0.621. The molecule has 1 aromatic carbocycles. The molecule has 0 aliphatic carbocycles. The first kappa shape index (κ1) is 9.88. The molecule has 1 nitrogen and oxygen atoms in total. The van der Waals surface area contributed by atoms with Crippen LogP contribution in [0.4, 0.5) is 10.1 Å². The fourth-order valence-electron chi connectivity index (χ4n) is 0.935. The topological polar surface area (TPSA) is 12.0 Å². The van der Waals surface area contributed by atoms with E-state index < -0.39 is 0 Å². The third-order valence-electron chi connectivity index (χ3n) is 1.46. The fraction of sp³-hybridized carbons (Fsp3) is 0.200. The molecule has 0 atom stereocenters. The van der Waals surface area contributed by atoms with Crippen molar-refractivity contribution in [2.75, 3.05) is 11.9 Å². The third kappa shape index (κ3) is 3.35. The van der Waals surface area contributed by atoms with E-state index in [1.807, 2.05) is 0 Å². The van der Waals surface area contributed by atoms with Gasteiger partial charge >= 0.3 is 0 Å². The van der Waals surface area contributed by atoms with Crippen molar-refractivity contribution in [2.24, 2.45) is 0 Å². The average molecular weight is 198 g/mol. The zero-order valence-corrected chi connectivity index (χ0v) is 7.74. The monoisotopic (exact) mass is 197 g/mol. The van der Waals surface area contributed by atoms with Crippen LogP contribution in [0.2, 0.25) is 5.02 Å². The molecule has 0 bridgehead atoms. The van der Waals surface area contributed by atoms with Gasteiger partial charge in [0.25, 0.3) is 0 Å². The number of hydrogen-bond donors (Lipinski definition) is 1. The first-order chi connectivity index (χ1) is 6.22. The molecule has 0 heterocycles. The van der Waals surface area contributed by atoms with E-state index in [-0.39, 0.29) is 5.82 Å². The first-order valence-corrected chi connectivity index (χ1v) is 4.23. The van der Waals surface area contributed by atoms with Gasteiger partial charge in [0.05, 0.1) is 0 Å². The second kappa shape index (κ2) is 4.74. The van der Waals surface area contributed by atoms with Crippen molar-refractivity contribution < 1.29 is 4.39 Å². The highest BCUT2D eigenvalue weighted by molar-refractivity contribution is 6.30. The smallest absolute Gasteiger partial charge is 0.126 e. The van der Waals surface area contributed by atoms with Crippen molar-refractivity contribution >= 4 is 17.3 Å². The molecule has 68 valence electrons. The summed E-state index contributed by atoms with van der Waals surface area (Å²) < 4.78 is 12.8. The van der Waals surface area contributed by atoms with Crippen LogP contribution < -0.4 is 5.32 Å². The molecule has 0 amide bonds. The van der Waals surface area contributed by atoms with Crippen LogP contribution in [0, 0.1) is 18.2 Å². The lowest BCUT2D eigenvalue weighted by molar-refractivity contribution is 0.628. The second-order valence-corrected chi connectivity index (χ2v) is 2.98. The van der Waals surface area contributed by atoms with Crippen LogP contribution in [-0.4, -0.2) is 6.54 Å². The molecule has 0 saturated heterocycles. The van der Waals surface area contributed by atoms with E-state index in [4.69, 9.17) is 18.0 Å². The van der Waals surface area contributed by atoms with Gasteiger partial charge in [-0.15, -0.1) is 12.3 Å². The van der Waals surface area contributed by atoms with Crippen molar-refractivity contribution in [3.63, 3.8) is 0 Å². The van der Waals surface area contributed by atoms with Crippen LogP contribution in [0.25, 0.3) is 0 Å². The fourth-order valence-corrected chi connectivity index (χ4v) is 1.16. The minimum Gasteiger partial charge on any atom is -0.384 e. The van der Waals surface area contributed by atoms with Gasteiger partial charge in [-0.05, 0) is 18.2 Å². The van der Waals surface area contributed by atoms with Crippen LogP contribution in [0.3, 0.4) is 0 Å². The minimum absolute atomic E-state index is 0.351. The van der Waals surface area contributed by atoms with Crippen LogP contribution in [-0.2, 0) is 0 Å². The van der Waals surface area contributed by atoms with Gasteiger partial charge < -0.3 is 5.32 Å². The van der Waals surface area contributed by atoms with Crippen molar-refractivity contribution in [1.82, 2.24) is 0 Å². The van der Waals surface area contributed by atoms with Crippen molar-refractivity contribution in [3.05, 3.63) is 29.0 Å². The Morgan fingerprint density at radius 1 is 1.46 bits per heavy atom. The maximum Gasteiger partial charge on any atom is 0.126 e. The third-order valence-corrected chi connectivity index (χ3v) is 1.68. The molecule has 0 fully saturated rings. The van der Waals surface area contributed by atoms with Crippen molar-refractivity contribution in [3.8, 4) is 12.3 Å². The number of nitrogens with one attached hydrogen (secondary N) is 1. The molecular weight excluding hydrogens is 189 g/mol. The number of benzene rings is 1. The van der Waals surface area contributed by atoms with E-state index in [9.17, 15) is 4.39 Å². The van der Waals surface area contributed by atoms with E-state index in [0.717, 1.165) is 0 Å². The molecule has 3 heteroatoms. The molecule has 13 heavy (non-hydrogen) atoms.